The summed E-state index contributed by atoms with van der Waals surface area (Å²) in [5.41, 5.74) is 4.46. The predicted molar refractivity (Wildman–Crippen MR) is 61.8 cm³/mol. The number of hydrogen-bond donors (Lipinski definition) is 2. The number of aryl methyl sites for hydroxylation is 2. The molecule has 0 atom stereocenters. The highest BCUT2D eigenvalue weighted by molar-refractivity contribution is 5.96. The van der Waals surface area contributed by atoms with Gasteiger partial charge in [-0.2, -0.15) is 0 Å². The summed E-state index contributed by atoms with van der Waals surface area (Å²) in [6.07, 6.45) is 0. The summed E-state index contributed by atoms with van der Waals surface area (Å²) >= 11 is 0. The van der Waals surface area contributed by atoms with E-state index in [-0.39, 0.29) is 11.5 Å². The lowest BCUT2D eigenvalue weighted by Crippen LogP contribution is -2.41. The SMILES string of the molecule is Cc1ccc(C(=O)NNC(=O)c2ccc(C)o2)o1. The van der Waals surface area contributed by atoms with Crippen molar-refractivity contribution in [3.63, 3.8) is 0 Å². The maximum atomic E-state index is 11.5. The Balaban J connectivity index is 1.92. The molecule has 0 spiro atoms. The fourth-order valence-electron chi connectivity index (χ4n) is 1.35. The zero-order valence-corrected chi connectivity index (χ0v) is 9.94. The lowest BCUT2D eigenvalue weighted by Gasteiger charge is -2.03. The van der Waals surface area contributed by atoms with E-state index in [0.717, 1.165) is 0 Å². The maximum Gasteiger partial charge on any atom is 0.305 e. The van der Waals surface area contributed by atoms with E-state index < -0.39 is 11.8 Å². The number of carbonyl (C=O) groups excluding carboxylic acids is 2. The van der Waals surface area contributed by atoms with Gasteiger partial charge in [-0.25, -0.2) is 0 Å². The van der Waals surface area contributed by atoms with Crippen molar-refractivity contribution in [1.29, 1.82) is 0 Å². The third-order valence-electron chi connectivity index (χ3n) is 2.22. The minimum Gasteiger partial charge on any atom is -0.456 e. The van der Waals surface area contributed by atoms with Crippen molar-refractivity contribution in [1.82, 2.24) is 10.9 Å². The van der Waals surface area contributed by atoms with Crippen molar-refractivity contribution >= 4 is 11.8 Å². The van der Waals surface area contributed by atoms with Crippen LogP contribution in [0.5, 0.6) is 0 Å². The highest BCUT2D eigenvalue weighted by Crippen LogP contribution is 2.06. The Morgan fingerprint density at radius 3 is 1.50 bits per heavy atom. The number of hydrogen-bond acceptors (Lipinski definition) is 4. The summed E-state index contributed by atoms with van der Waals surface area (Å²) in [4.78, 5) is 23.1. The summed E-state index contributed by atoms with van der Waals surface area (Å²) in [6, 6.07) is 6.36. The normalized spacial score (nSPS) is 10.1. The molecular weight excluding hydrogens is 236 g/mol. The molecule has 2 aromatic rings. The first-order chi connectivity index (χ1) is 8.56. The van der Waals surface area contributed by atoms with Crippen LogP contribution < -0.4 is 10.9 Å². The summed E-state index contributed by atoms with van der Waals surface area (Å²) in [6.45, 7) is 3.45. The van der Waals surface area contributed by atoms with E-state index in [0.29, 0.717) is 11.5 Å². The van der Waals surface area contributed by atoms with Gasteiger partial charge < -0.3 is 8.83 Å². The second-order valence-electron chi connectivity index (χ2n) is 3.73. The van der Waals surface area contributed by atoms with Crippen LogP contribution in [-0.2, 0) is 0 Å². The molecule has 2 N–H and O–H groups in total. The average Bonchev–Trinajstić information content (AvgIpc) is 2.94. The molecule has 0 saturated heterocycles. The molecule has 6 heteroatoms. The molecule has 0 fully saturated rings. The van der Waals surface area contributed by atoms with Crippen LogP contribution in [0.1, 0.15) is 32.6 Å². The van der Waals surface area contributed by atoms with Crippen LogP contribution in [0.15, 0.2) is 33.1 Å². The third kappa shape index (κ3) is 2.60. The van der Waals surface area contributed by atoms with Crippen molar-refractivity contribution in [3.8, 4) is 0 Å². The molecule has 0 saturated carbocycles. The molecule has 2 aromatic heterocycles. The number of rotatable bonds is 2. The van der Waals surface area contributed by atoms with Gasteiger partial charge >= 0.3 is 11.8 Å². The summed E-state index contributed by atoms with van der Waals surface area (Å²) < 4.78 is 10.2. The van der Waals surface area contributed by atoms with E-state index in [4.69, 9.17) is 8.83 Å². The van der Waals surface area contributed by atoms with Gasteiger partial charge in [0, 0.05) is 0 Å². The lowest BCUT2D eigenvalue weighted by molar-refractivity contribution is 0.0816. The van der Waals surface area contributed by atoms with Crippen LogP contribution in [0.4, 0.5) is 0 Å². The molecule has 0 unspecified atom stereocenters. The second kappa shape index (κ2) is 4.79. The molecule has 0 aromatic carbocycles. The zero-order valence-electron chi connectivity index (χ0n) is 9.94. The number of furan rings is 2. The Morgan fingerprint density at radius 2 is 1.22 bits per heavy atom. The molecule has 2 amide bonds. The van der Waals surface area contributed by atoms with Crippen LogP contribution >= 0.6 is 0 Å². The van der Waals surface area contributed by atoms with Gasteiger partial charge in [0.05, 0.1) is 0 Å². The highest BCUT2D eigenvalue weighted by Gasteiger charge is 2.13. The molecular formula is C12H12N2O4. The molecule has 0 radical (unpaired) electrons. The fraction of sp³-hybridized carbons (Fsp3) is 0.167. The molecule has 94 valence electrons. The third-order valence-corrected chi connectivity index (χ3v) is 2.22. The molecule has 2 rings (SSSR count). The second-order valence-corrected chi connectivity index (χ2v) is 3.73. The Morgan fingerprint density at radius 1 is 0.833 bits per heavy atom. The van der Waals surface area contributed by atoms with E-state index in [1.165, 1.54) is 12.1 Å². The van der Waals surface area contributed by atoms with Crippen LogP contribution in [0.25, 0.3) is 0 Å². The maximum absolute atomic E-state index is 11.5. The fourth-order valence-corrected chi connectivity index (χ4v) is 1.35. The Kier molecular flexibility index (Phi) is 3.18. The standard InChI is InChI=1S/C12H12N2O4/c1-7-3-5-9(17-7)11(15)13-14-12(16)10-6-4-8(2)18-10/h3-6H,1-2H3,(H,13,15)(H,14,16). The first-order valence-electron chi connectivity index (χ1n) is 5.30. The Labute approximate surface area is 103 Å². The predicted octanol–water partition coefficient (Wildman–Crippen LogP) is 1.56. The highest BCUT2D eigenvalue weighted by atomic mass is 16.4. The minimum absolute atomic E-state index is 0.128. The molecule has 2 heterocycles. The summed E-state index contributed by atoms with van der Waals surface area (Å²) in [7, 11) is 0. The van der Waals surface area contributed by atoms with Crippen LogP contribution in [-0.4, -0.2) is 11.8 Å². The largest absolute Gasteiger partial charge is 0.456 e. The molecule has 0 aliphatic carbocycles. The van der Waals surface area contributed by atoms with Gasteiger partial charge in [0.15, 0.2) is 11.5 Å². The molecule has 0 aliphatic heterocycles. The number of carbonyl (C=O) groups is 2. The van der Waals surface area contributed by atoms with Gasteiger partial charge in [0.2, 0.25) is 0 Å². The molecule has 0 bridgehead atoms. The smallest absolute Gasteiger partial charge is 0.305 e. The van der Waals surface area contributed by atoms with Gasteiger partial charge in [-0.15, -0.1) is 0 Å². The van der Waals surface area contributed by atoms with E-state index >= 15 is 0 Å². The monoisotopic (exact) mass is 248 g/mol. The van der Waals surface area contributed by atoms with Crippen molar-refractivity contribution < 1.29 is 18.4 Å². The Hall–Kier alpha value is -2.50. The van der Waals surface area contributed by atoms with Crippen molar-refractivity contribution in [2.75, 3.05) is 0 Å². The van der Waals surface area contributed by atoms with Crippen molar-refractivity contribution in [2.45, 2.75) is 13.8 Å². The quantitative estimate of drug-likeness (QED) is 0.790. The topological polar surface area (TPSA) is 84.5 Å². The van der Waals surface area contributed by atoms with Gasteiger partial charge in [-0.05, 0) is 38.1 Å². The number of nitrogens with one attached hydrogen (secondary N) is 2. The molecule has 6 nitrogen and oxygen atoms in total. The van der Waals surface area contributed by atoms with Gasteiger partial charge in [0.1, 0.15) is 11.5 Å². The van der Waals surface area contributed by atoms with E-state index in [9.17, 15) is 9.59 Å². The van der Waals surface area contributed by atoms with E-state index in [1.807, 2.05) is 0 Å². The summed E-state index contributed by atoms with van der Waals surface area (Å²) in [5.74, 6) is 0.438. The van der Waals surface area contributed by atoms with Crippen molar-refractivity contribution in [3.05, 3.63) is 47.3 Å². The Bertz CT molecular complexity index is 530. The van der Waals surface area contributed by atoms with E-state index in [1.54, 1.807) is 26.0 Å². The van der Waals surface area contributed by atoms with Crippen LogP contribution in [0.2, 0.25) is 0 Å². The van der Waals surface area contributed by atoms with E-state index in [2.05, 4.69) is 10.9 Å². The number of hydrazine groups is 1. The van der Waals surface area contributed by atoms with Crippen molar-refractivity contribution in [2.24, 2.45) is 0 Å². The summed E-state index contributed by atoms with van der Waals surface area (Å²) in [5, 5.41) is 0. The first kappa shape index (κ1) is 12.0. The number of amides is 2. The molecule has 18 heavy (non-hydrogen) atoms. The first-order valence-corrected chi connectivity index (χ1v) is 5.30. The van der Waals surface area contributed by atoms with Crippen LogP contribution in [0.3, 0.4) is 0 Å². The van der Waals surface area contributed by atoms with Gasteiger partial charge in [-0.3, -0.25) is 20.4 Å². The van der Waals surface area contributed by atoms with Gasteiger partial charge in [-0.1, -0.05) is 0 Å². The minimum atomic E-state index is -0.528. The lowest BCUT2D eigenvalue weighted by atomic mass is 10.4. The zero-order chi connectivity index (χ0) is 13.1. The molecule has 0 aliphatic rings. The van der Waals surface area contributed by atoms with Crippen LogP contribution in [0, 0.1) is 13.8 Å². The van der Waals surface area contributed by atoms with Gasteiger partial charge in [0.25, 0.3) is 0 Å². The average molecular weight is 248 g/mol.